The first-order valence-corrected chi connectivity index (χ1v) is 22.2. The Morgan fingerprint density at radius 2 is 1.03 bits per heavy atom. The fourth-order valence-corrected chi connectivity index (χ4v) is 12.0. The molecule has 4 nitrogen and oxygen atoms in total. The molecule has 6 heteroatoms. The molecule has 0 bridgehead atoms. The highest BCUT2D eigenvalue weighted by Crippen LogP contribution is 2.52. The van der Waals surface area contributed by atoms with Crippen LogP contribution in [0.1, 0.15) is 22.6 Å². The van der Waals surface area contributed by atoms with Gasteiger partial charge >= 0.3 is 0 Å². The highest BCUT2D eigenvalue weighted by Gasteiger charge is 2.39. The van der Waals surface area contributed by atoms with Crippen LogP contribution in [0.3, 0.4) is 0 Å². The van der Waals surface area contributed by atoms with E-state index >= 15 is 0 Å². The molecule has 13 rings (SSSR count). The number of ether oxygens (including phenoxy) is 1. The first-order chi connectivity index (χ1) is 30.2. The molecule has 0 fully saturated rings. The third-order valence-electron chi connectivity index (χ3n) is 12.3. The molecule has 11 aromatic rings. The van der Waals surface area contributed by atoms with Gasteiger partial charge in [0, 0.05) is 62.6 Å². The summed E-state index contributed by atoms with van der Waals surface area (Å²) in [6.07, 6.45) is 4.60. The Kier molecular flexibility index (Phi) is 7.74. The van der Waals surface area contributed by atoms with Crippen molar-refractivity contribution < 1.29 is 4.74 Å². The van der Waals surface area contributed by atoms with Crippen molar-refractivity contribution in [1.82, 2.24) is 15.0 Å². The lowest BCUT2D eigenvalue weighted by Crippen LogP contribution is -2.21. The van der Waals surface area contributed by atoms with Gasteiger partial charge in [0.05, 0.1) is 5.92 Å². The maximum Gasteiger partial charge on any atom is 0.165 e. The third-order valence-corrected chi connectivity index (χ3v) is 14.7. The zero-order chi connectivity index (χ0) is 40.0. The summed E-state index contributed by atoms with van der Waals surface area (Å²) < 4.78 is 11.9. The van der Waals surface area contributed by atoms with E-state index in [2.05, 4.69) is 170 Å². The highest BCUT2D eigenvalue weighted by molar-refractivity contribution is 7.26. The van der Waals surface area contributed by atoms with Crippen molar-refractivity contribution in [2.45, 2.75) is 12.0 Å². The molecular weight excluding hydrogens is 783 g/mol. The summed E-state index contributed by atoms with van der Waals surface area (Å²) in [6.45, 7) is 0. The summed E-state index contributed by atoms with van der Waals surface area (Å²) >= 11 is 3.65. The number of thiophene rings is 2. The van der Waals surface area contributed by atoms with Crippen LogP contribution < -0.4 is 4.74 Å². The third kappa shape index (κ3) is 5.53. The molecule has 0 saturated carbocycles. The standard InChI is InChI=1S/C55H33N3OS2/c1-2-14-32(15-3-1)53-56-54(58-55(57-53)43-24-13-23-41-39-19-8-11-27-49(39)61-52(41)43)35-28-33-16-4-5-17-36(33)44(30-35)45-29-34(31-47-50(45)42-20-6-9-25-46(42)59-47)37-21-12-22-40-38-18-7-10-26-48(38)60-51(37)40/h1-31,47,50H. The van der Waals surface area contributed by atoms with Gasteiger partial charge in [0.2, 0.25) is 0 Å². The Morgan fingerprint density at radius 1 is 0.443 bits per heavy atom. The Labute approximate surface area is 359 Å². The zero-order valence-electron chi connectivity index (χ0n) is 32.6. The minimum absolute atomic E-state index is 0.000389. The summed E-state index contributed by atoms with van der Waals surface area (Å²) in [5.74, 6) is 2.87. The molecule has 1 aliphatic carbocycles. The van der Waals surface area contributed by atoms with Crippen molar-refractivity contribution in [2.24, 2.45) is 0 Å². The van der Waals surface area contributed by atoms with Crippen molar-refractivity contribution in [3.8, 4) is 39.9 Å². The average Bonchev–Trinajstić information content (AvgIpc) is 4.02. The molecule has 2 atom stereocenters. The lowest BCUT2D eigenvalue weighted by molar-refractivity contribution is 0.272. The molecule has 0 amide bonds. The molecule has 61 heavy (non-hydrogen) atoms. The molecule has 286 valence electrons. The number of benzene rings is 8. The van der Waals surface area contributed by atoms with Crippen molar-refractivity contribution in [1.29, 1.82) is 0 Å². The normalized spacial score (nSPS) is 15.9. The zero-order valence-corrected chi connectivity index (χ0v) is 34.3. The van der Waals surface area contributed by atoms with Crippen LogP contribution in [0, 0.1) is 0 Å². The lowest BCUT2D eigenvalue weighted by atomic mass is 9.77. The minimum atomic E-state index is -0.172. The molecule has 8 aromatic carbocycles. The van der Waals surface area contributed by atoms with E-state index in [4.69, 9.17) is 19.7 Å². The number of fused-ring (bicyclic) bond motifs is 10. The molecule has 0 radical (unpaired) electrons. The van der Waals surface area contributed by atoms with Crippen LogP contribution in [0.2, 0.25) is 0 Å². The monoisotopic (exact) mass is 815 g/mol. The number of nitrogens with zero attached hydrogens (tertiary/aromatic N) is 3. The van der Waals surface area contributed by atoms with Gasteiger partial charge in [-0.3, -0.25) is 0 Å². The summed E-state index contributed by atoms with van der Waals surface area (Å²) in [4.78, 5) is 15.8. The number of allylic oxidation sites excluding steroid dienone is 2. The fraction of sp³-hybridized carbons (Fsp3) is 0.0364. The van der Waals surface area contributed by atoms with E-state index in [1.807, 2.05) is 29.5 Å². The Bertz CT molecular complexity index is 3660. The summed E-state index contributed by atoms with van der Waals surface area (Å²) in [5, 5.41) is 7.33. The number of para-hydroxylation sites is 1. The predicted octanol–water partition coefficient (Wildman–Crippen LogP) is 14.8. The van der Waals surface area contributed by atoms with Gasteiger partial charge < -0.3 is 4.74 Å². The summed E-state index contributed by atoms with van der Waals surface area (Å²) in [7, 11) is 0. The van der Waals surface area contributed by atoms with Gasteiger partial charge in [-0.2, -0.15) is 0 Å². The summed E-state index contributed by atoms with van der Waals surface area (Å²) in [5.41, 5.74) is 8.84. The quantitative estimate of drug-likeness (QED) is 0.174. The van der Waals surface area contributed by atoms with Crippen LogP contribution in [0.5, 0.6) is 5.75 Å². The second-order valence-electron chi connectivity index (χ2n) is 15.8. The van der Waals surface area contributed by atoms with E-state index in [9.17, 15) is 0 Å². The molecule has 0 N–H and O–H groups in total. The van der Waals surface area contributed by atoms with Crippen molar-refractivity contribution in [3.63, 3.8) is 0 Å². The van der Waals surface area contributed by atoms with Gasteiger partial charge in [-0.1, -0.05) is 140 Å². The van der Waals surface area contributed by atoms with Crippen molar-refractivity contribution in [2.75, 3.05) is 0 Å². The molecular formula is C55H33N3OS2. The summed E-state index contributed by atoms with van der Waals surface area (Å²) in [6, 6.07) is 62.5. The highest BCUT2D eigenvalue weighted by atomic mass is 32.1. The van der Waals surface area contributed by atoms with Gasteiger partial charge in [-0.05, 0) is 81.6 Å². The first kappa shape index (κ1) is 34.6. The molecule has 2 unspecified atom stereocenters. The average molecular weight is 816 g/mol. The molecule has 2 aliphatic rings. The SMILES string of the molecule is C1=C(c2cccc3c2sc2ccccc23)C=C(c2cc(-c3nc(-c4ccccc4)nc(-c4cccc5c4sc4ccccc45)n3)cc3ccccc23)C2c3ccccc3OC12. The van der Waals surface area contributed by atoms with E-state index in [1.54, 1.807) is 11.3 Å². The molecule has 0 spiro atoms. The van der Waals surface area contributed by atoms with E-state index in [1.165, 1.54) is 68.0 Å². The molecule has 0 saturated heterocycles. The second kappa shape index (κ2) is 13.6. The maximum atomic E-state index is 6.85. The van der Waals surface area contributed by atoms with E-state index in [-0.39, 0.29) is 12.0 Å². The minimum Gasteiger partial charge on any atom is -0.485 e. The largest absolute Gasteiger partial charge is 0.485 e. The van der Waals surface area contributed by atoms with Crippen molar-refractivity contribution in [3.05, 3.63) is 205 Å². The molecule has 3 aromatic heterocycles. The number of rotatable bonds is 5. The Balaban J connectivity index is 1.05. The maximum absolute atomic E-state index is 6.85. The van der Waals surface area contributed by atoms with Gasteiger partial charge in [0.25, 0.3) is 0 Å². The topological polar surface area (TPSA) is 47.9 Å². The van der Waals surface area contributed by atoms with Crippen LogP contribution in [0.15, 0.2) is 188 Å². The number of aromatic nitrogens is 3. The second-order valence-corrected chi connectivity index (χ2v) is 17.9. The van der Waals surface area contributed by atoms with E-state index < -0.39 is 0 Å². The van der Waals surface area contributed by atoms with Gasteiger partial charge in [0.15, 0.2) is 17.5 Å². The Hall–Kier alpha value is -7.25. The Morgan fingerprint density at radius 3 is 1.80 bits per heavy atom. The van der Waals surface area contributed by atoms with E-state index in [0.29, 0.717) is 17.5 Å². The van der Waals surface area contributed by atoms with E-state index in [0.717, 1.165) is 33.4 Å². The number of hydrogen-bond acceptors (Lipinski definition) is 6. The number of hydrogen-bond donors (Lipinski definition) is 0. The molecule has 1 aliphatic heterocycles. The van der Waals surface area contributed by atoms with Crippen LogP contribution >= 0.6 is 22.7 Å². The van der Waals surface area contributed by atoms with Gasteiger partial charge in [-0.25, -0.2) is 15.0 Å². The van der Waals surface area contributed by atoms with Crippen LogP contribution in [-0.2, 0) is 0 Å². The predicted molar refractivity (Wildman–Crippen MR) is 255 cm³/mol. The van der Waals surface area contributed by atoms with Gasteiger partial charge in [0.1, 0.15) is 11.9 Å². The smallest absolute Gasteiger partial charge is 0.165 e. The van der Waals surface area contributed by atoms with Crippen molar-refractivity contribution >= 4 is 84.9 Å². The fourth-order valence-electron chi connectivity index (χ4n) is 9.52. The first-order valence-electron chi connectivity index (χ1n) is 20.6. The van der Waals surface area contributed by atoms with Gasteiger partial charge in [-0.15, -0.1) is 22.7 Å². The lowest BCUT2D eigenvalue weighted by Gasteiger charge is -2.27. The van der Waals surface area contributed by atoms with Crippen LogP contribution in [-0.4, -0.2) is 21.1 Å². The van der Waals surface area contributed by atoms with Crippen LogP contribution in [0.4, 0.5) is 0 Å². The molecule has 4 heterocycles. The van der Waals surface area contributed by atoms with Crippen LogP contribution in [0.25, 0.3) is 96.4 Å².